The average molecular weight is 422 g/mol. The molecule has 1 aliphatic rings. The average Bonchev–Trinajstić information content (AvgIpc) is 2.67. The van der Waals surface area contributed by atoms with Crippen molar-refractivity contribution in [3.8, 4) is 6.07 Å². The number of nitrogens with one attached hydrogen (secondary N) is 1. The zero-order chi connectivity index (χ0) is 22.1. The number of nitrogens with zero attached hydrogens (tertiary/aromatic N) is 2. The number of carbonyl (C=O) groups is 1. The summed E-state index contributed by atoms with van der Waals surface area (Å²) >= 11 is 5.88. The SMILES string of the molecule is CC(C)N1c2ccc(/C=C(/C#N)C(=O)Nc3ccc(Cl)cc3)cc2[C@@H](C)CC1(C)C. The van der Waals surface area contributed by atoms with Gasteiger partial charge in [-0.3, -0.25) is 4.79 Å². The van der Waals surface area contributed by atoms with Gasteiger partial charge in [-0.25, -0.2) is 0 Å². The van der Waals surface area contributed by atoms with Gasteiger partial charge in [-0.15, -0.1) is 0 Å². The van der Waals surface area contributed by atoms with E-state index >= 15 is 0 Å². The molecule has 0 bridgehead atoms. The van der Waals surface area contributed by atoms with Crippen molar-refractivity contribution < 1.29 is 4.79 Å². The normalized spacial score (nSPS) is 18.0. The van der Waals surface area contributed by atoms with Crippen LogP contribution in [0.4, 0.5) is 11.4 Å². The summed E-state index contributed by atoms with van der Waals surface area (Å²) in [5.74, 6) is -0.0395. The van der Waals surface area contributed by atoms with Crippen LogP contribution < -0.4 is 10.2 Å². The maximum atomic E-state index is 12.6. The molecule has 4 nitrogen and oxygen atoms in total. The van der Waals surface area contributed by atoms with Crippen LogP contribution in [0.2, 0.25) is 5.02 Å². The van der Waals surface area contributed by atoms with E-state index in [1.807, 2.05) is 12.1 Å². The number of carbonyl (C=O) groups excluding carboxylic acids is 1. The van der Waals surface area contributed by atoms with E-state index in [9.17, 15) is 10.1 Å². The van der Waals surface area contributed by atoms with E-state index in [0.29, 0.717) is 22.7 Å². The smallest absolute Gasteiger partial charge is 0.266 e. The number of hydrogen-bond acceptors (Lipinski definition) is 3. The quantitative estimate of drug-likeness (QED) is 0.459. The van der Waals surface area contributed by atoms with Crippen LogP contribution in [0.15, 0.2) is 48.0 Å². The van der Waals surface area contributed by atoms with Crippen LogP contribution in [0.1, 0.15) is 58.1 Å². The molecule has 5 heteroatoms. The molecule has 0 saturated heterocycles. The third-order valence-electron chi connectivity index (χ3n) is 5.59. The largest absolute Gasteiger partial charge is 0.364 e. The maximum Gasteiger partial charge on any atom is 0.266 e. The molecule has 0 spiro atoms. The fourth-order valence-corrected chi connectivity index (χ4v) is 4.71. The summed E-state index contributed by atoms with van der Waals surface area (Å²) in [6.45, 7) is 11.2. The van der Waals surface area contributed by atoms with Gasteiger partial charge in [0, 0.05) is 28.0 Å². The summed E-state index contributed by atoms with van der Waals surface area (Å²) in [6, 6.07) is 15.4. The lowest BCUT2D eigenvalue weighted by molar-refractivity contribution is -0.112. The first-order chi connectivity index (χ1) is 14.1. The molecule has 0 fully saturated rings. The topological polar surface area (TPSA) is 56.1 Å². The Hall–Kier alpha value is -2.77. The van der Waals surface area contributed by atoms with Gasteiger partial charge in [0.15, 0.2) is 0 Å². The molecule has 30 heavy (non-hydrogen) atoms. The summed E-state index contributed by atoms with van der Waals surface area (Å²) in [5, 5.41) is 12.9. The van der Waals surface area contributed by atoms with E-state index in [4.69, 9.17) is 11.6 Å². The van der Waals surface area contributed by atoms with Crippen molar-refractivity contribution >= 4 is 35.0 Å². The molecule has 1 aliphatic heterocycles. The second kappa shape index (κ2) is 8.53. The Kier molecular flexibility index (Phi) is 6.24. The Morgan fingerprint density at radius 3 is 2.53 bits per heavy atom. The van der Waals surface area contributed by atoms with Crippen molar-refractivity contribution in [3.63, 3.8) is 0 Å². The van der Waals surface area contributed by atoms with Gasteiger partial charge in [-0.05, 0) is 93.6 Å². The lowest BCUT2D eigenvalue weighted by atomic mass is 9.79. The second-order valence-electron chi connectivity index (χ2n) is 8.83. The number of hydrogen-bond donors (Lipinski definition) is 1. The summed E-state index contributed by atoms with van der Waals surface area (Å²) in [4.78, 5) is 15.0. The standard InChI is InChI=1S/C25H28ClN3O/c1-16(2)29-23-11-6-18(13-22(23)17(3)14-25(29,4)5)12-19(15-27)24(30)28-21-9-7-20(26)8-10-21/h6-13,16-17H,14H2,1-5H3,(H,28,30)/b19-12-/t17-/m0/s1. The van der Waals surface area contributed by atoms with E-state index in [2.05, 4.69) is 57.0 Å². The van der Waals surface area contributed by atoms with Crippen molar-refractivity contribution in [2.45, 2.75) is 58.5 Å². The summed E-state index contributed by atoms with van der Waals surface area (Å²) in [7, 11) is 0. The van der Waals surface area contributed by atoms with Crippen molar-refractivity contribution in [1.82, 2.24) is 0 Å². The number of nitriles is 1. The van der Waals surface area contributed by atoms with Crippen molar-refractivity contribution in [2.75, 3.05) is 10.2 Å². The fourth-order valence-electron chi connectivity index (χ4n) is 4.58. The second-order valence-corrected chi connectivity index (χ2v) is 9.27. The van der Waals surface area contributed by atoms with Gasteiger partial charge >= 0.3 is 0 Å². The van der Waals surface area contributed by atoms with Crippen LogP contribution >= 0.6 is 11.6 Å². The van der Waals surface area contributed by atoms with Gasteiger partial charge in [0.1, 0.15) is 11.6 Å². The summed E-state index contributed by atoms with van der Waals surface area (Å²) < 4.78 is 0. The van der Waals surface area contributed by atoms with E-state index in [-0.39, 0.29) is 11.1 Å². The molecule has 2 aromatic carbocycles. The van der Waals surface area contributed by atoms with Gasteiger partial charge in [0.2, 0.25) is 0 Å². The van der Waals surface area contributed by atoms with Crippen LogP contribution in [0.5, 0.6) is 0 Å². The highest BCUT2D eigenvalue weighted by Crippen LogP contribution is 2.44. The minimum Gasteiger partial charge on any atom is -0.364 e. The molecular weight excluding hydrogens is 394 g/mol. The Balaban J connectivity index is 1.91. The Bertz CT molecular complexity index is 1020. The molecule has 2 aromatic rings. The summed E-state index contributed by atoms with van der Waals surface area (Å²) in [5.41, 5.74) is 4.08. The monoisotopic (exact) mass is 421 g/mol. The minimum atomic E-state index is -0.435. The Labute approximate surface area is 184 Å². The Morgan fingerprint density at radius 2 is 1.93 bits per heavy atom. The van der Waals surface area contributed by atoms with Gasteiger partial charge in [0.25, 0.3) is 5.91 Å². The first-order valence-corrected chi connectivity index (χ1v) is 10.6. The Morgan fingerprint density at radius 1 is 1.27 bits per heavy atom. The van der Waals surface area contributed by atoms with E-state index < -0.39 is 5.91 Å². The third kappa shape index (κ3) is 4.52. The highest BCUT2D eigenvalue weighted by Gasteiger charge is 2.37. The molecule has 0 radical (unpaired) electrons. The zero-order valence-corrected chi connectivity index (χ0v) is 18.9. The molecular formula is C25H28ClN3O. The number of benzene rings is 2. The molecule has 3 rings (SSSR count). The van der Waals surface area contributed by atoms with Crippen molar-refractivity contribution in [3.05, 3.63) is 64.2 Å². The van der Waals surface area contributed by atoms with Crippen LogP contribution in [0.25, 0.3) is 6.08 Å². The van der Waals surface area contributed by atoms with Gasteiger partial charge in [-0.1, -0.05) is 24.6 Å². The third-order valence-corrected chi connectivity index (χ3v) is 5.85. The van der Waals surface area contributed by atoms with Crippen molar-refractivity contribution in [1.29, 1.82) is 5.26 Å². The highest BCUT2D eigenvalue weighted by molar-refractivity contribution is 6.30. The van der Waals surface area contributed by atoms with Crippen molar-refractivity contribution in [2.24, 2.45) is 0 Å². The fraction of sp³-hybridized carbons (Fsp3) is 0.360. The number of halogens is 1. The van der Waals surface area contributed by atoms with Gasteiger partial charge in [-0.2, -0.15) is 5.26 Å². The molecule has 0 saturated carbocycles. The number of fused-ring (bicyclic) bond motifs is 1. The molecule has 0 unspecified atom stereocenters. The lowest BCUT2D eigenvalue weighted by Gasteiger charge is -2.50. The predicted molar refractivity (Wildman–Crippen MR) is 125 cm³/mol. The molecule has 0 aliphatic carbocycles. The molecule has 0 aromatic heterocycles. The molecule has 1 amide bonds. The minimum absolute atomic E-state index is 0.0643. The van der Waals surface area contributed by atoms with E-state index in [1.165, 1.54) is 11.3 Å². The summed E-state index contributed by atoms with van der Waals surface area (Å²) in [6.07, 6.45) is 2.70. The number of rotatable bonds is 4. The maximum absolute atomic E-state index is 12.6. The number of amides is 1. The highest BCUT2D eigenvalue weighted by atomic mass is 35.5. The molecule has 1 atom stereocenters. The van der Waals surface area contributed by atoms with Crippen LogP contribution in [0.3, 0.4) is 0 Å². The van der Waals surface area contributed by atoms with Crippen LogP contribution in [-0.4, -0.2) is 17.5 Å². The van der Waals surface area contributed by atoms with E-state index in [0.717, 1.165) is 12.0 Å². The van der Waals surface area contributed by atoms with E-state index in [1.54, 1.807) is 30.3 Å². The van der Waals surface area contributed by atoms with Gasteiger partial charge in [0.05, 0.1) is 0 Å². The first kappa shape index (κ1) is 21.9. The lowest BCUT2D eigenvalue weighted by Crippen LogP contribution is -2.51. The molecule has 1 N–H and O–H groups in total. The molecule has 1 heterocycles. The molecule has 156 valence electrons. The first-order valence-electron chi connectivity index (χ1n) is 10.2. The predicted octanol–water partition coefficient (Wildman–Crippen LogP) is 6.39. The van der Waals surface area contributed by atoms with Crippen LogP contribution in [0, 0.1) is 11.3 Å². The zero-order valence-electron chi connectivity index (χ0n) is 18.2. The van der Waals surface area contributed by atoms with Crippen LogP contribution in [-0.2, 0) is 4.79 Å². The number of anilines is 2. The van der Waals surface area contributed by atoms with Gasteiger partial charge < -0.3 is 10.2 Å².